The Morgan fingerprint density at radius 3 is 1.80 bits per heavy atom. The van der Waals surface area contributed by atoms with Gasteiger partial charge in [0.05, 0.1) is 27.4 Å². The summed E-state index contributed by atoms with van der Waals surface area (Å²) in [6.07, 6.45) is 1.22. The van der Waals surface area contributed by atoms with E-state index in [1.807, 2.05) is 84.9 Å². The van der Waals surface area contributed by atoms with Crippen LogP contribution in [0.4, 0.5) is 5.69 Å². The number of hydrogen-bond acceptors (Lipinski definition) is 6. The summed E-state index contributed by atoms with van der Waals surface area (Å²) < 4.78 is 17.7. The average molecular weight is 551 g/mol. The summed E-state index contributed by atoms with van der Waals surface area (Å²) in [6, 6.07) is 30.6. The molecule has 0 unspecified atom stereocenters. The number of aliphatic hydroxyl groups is 1. The van der Waals surface area contributed by atoms with Crippen LogP contribution < -0.4 is 33.7 Å². The number of rotatable bonds is 12. The Kier molecular flexibility index (Phi) is 12.8. The molecular formula is C32H33LiNO7+. The first-order chi connectivity index (χ1) is 19.0. The molecule has 4 aromatic carbocycles. The van der Waals surface area contributed by atoms with Gasteiger partial charge in [-0.25, -0.2) is 0 Å². The molecule has 0 saturated heterocycles. The zero-order valence-electron chi connectivity index (χ0n) is 23.4. The number of ether oxygens (including phenoxy) is 3. The van der Waals surface area contributed by atoms with Crippen molar-refractivity contribution in [3.63, 3.8) is 0 Å². The van der Waals surface area contributed by atoms with Gasteiger partial charge in [-0.3, -0.25) is 11.1 Å². The maximum absolute atomic E-state index is 12.0. The molecule has 1 amide bonds. The Bertz CT molecular complexity index is 1350. The van der Waals surface area contributed by atoms with E-state index in [4.69, 9.17) is 14.2 Å². The van der Waals surface area contributed by atoms with Crippen molar-refractivity contribution in [2.75, 3.05) is 19.5 Å². The fourth-order valence-electron chi connectivity index (χ4n) is 4.55. The largest absolute Gasteiger partial charge is 1.00 e. The van der Waals surface area contributed by atoms with E-state index in [9.17, 15) is 14.7 Å². The molecule has 4 aromatic rings. The van der Waals surface area contributed by atoms with Crippen molar-refractivity contribution in [3.05, 3.63) is 125 Å². The number of carbonyl (C=O) groups excluding carboxylic acids is 2. The molecule has 9 heteroatoms. The fraction of sp³-hybridized carbons (Fsp3) is 0.188. The Morgan fingerprint density at radius 2 is 1.32 bits per heavy atom. The van der Waals surface area contributed by atoms with Crippen LogP contribution in [0.5, 0.6) is 11.5 Å². The van der Waals surface area contributed by atoms with Crippen LogP contribution in [0.15, 0.2) is 97.1 Å². The van der Waals surface area contributed by atoms with E-state index in [-0.39, 0.29) is 44.0 Å². The number of methoxy groups -OCH3 is 2. The monoisotopic (exact) mass is 550 g/mol. The molecule has 4 rings (SSSR count). The quantitative estimate of drug-likeness (QED) is 0.0898. The van der Waals surface area contributed by atoms with Crippen molar-refractivity contribution < 1.29 is 53.2 Å². The summed E-state index contributed by atoms with van der Waals surface area (Å²) in [6.45, 7) is -0.0826. The summed E-state index contributed by atoms with van der Waals surface area (Å²) in [5, 5.41) is 12.5. The number of hydrogen-bond donors (Lipinski definition) is 2. The summed E-state index contributed by atoms with van der Waals surface area (Å²) in [5.74, 6) is 0.958. The smallest absolute Gasteiger partial charge is 0.541 e. The van der Waals surface area contributed by atoms with Crippen LogP contribution in [0.25, 0.3) is 0 Å². The van der Waals surface area contributed by atoms with Crippen molar-refractivity contribution in [2.24, 2.45) is 0 Å². The van der Waals surface area contributed by atoms with Crippen molar-refractivity contribution in [1.29, 1.82) is 0 Å². The van der Waals surface area contributed by atoms with Gasteiger partial charge in [0, 0.05) is 5.69 Å². The molecule has 0 aliphatic heterocycles. The van der Waals surface area contributed by atoms with Gasteiger partial charge in [0.15, 0.2) is 5.91 Å². The van der Waals surface area contributed by atoms with E-state index in [1.54, 1.807) is 32.6 Å². The molecular weight excluding hydrogens is 517 g/mol. The van der Waals surface area contributed by atoms with Crippen LogP contribution in [0.2, 0.25) is 0 Å². The van der Waals surface area contributed by atoms with Gasteiger partial charge < -0.3 is 34.9 Å². The van der Waals surface area contributed by atoms with Gasteiger partial charge >= 0.3 is 18.9 Å². The maximum Gasteiger partial charge on any atom is 1.00 e. The third kappa shape index (κ3) is 7.85. The number of benzene rings is 4. The van der Waals surface area contributed by atoms with E-state index in [2.05, 4.69) is 5.32 Å². The van der Waals surface area contributed by atoms with Crippen molar-refractivity contribution in [2.45, 2.75) is 25.2 Å². The molecule has 0 radical (unpaired) electrons. The van der Waals surface area contributed by atoms with Gasteiger partial charge in [-0.15, -0.1) is 0 Å². The Balaban J connectivity index is 0.00000294. The standard InChI is InChI=1S/C32H30NO6.Li.H2O/c1-37-29-12-8-26(9-13-29)32(25-6-4-3-5-7-25,27-10-14-30(38-2)15-11-27)39-22-24-18-23(21-35)19-28(20-24)33-31(36)16-17-34;;/h3-15,18-20,35H,16,21-22H2,1-2H3,(H,33,36);;1H2/q-1;+1;/p+1. The van der Waals surface area contributed by atoms with Gasteiger partial charge in [-0.2, -0.15) is 0 Å². The molecule has 41 heavy (non-hydrogen) atoms. The number of amides is 1. The zero-order valence-corrected chi connectivity index (χ0v) is 23.4. The topological polar surface area (TPSA) is 127 Å². The van der Waals surface area contributed by atoms with Gasteiger partial charge in [0.25, 0.3) is 0 Å². The second kappa shape index (κ2) is 15.8. The predicted octanol–water partition coefficient (Wildman–Crippen LogP) is 1.23. The van der Waals surface area contributed by atoms with Crippen molar-refractivity contribution in [3.8, 4) is 11.5 Å². The molecule has 0 bridgehead atoms. The van der Waals surface area contributed by atoms with Gasteiger partial charge in [0.2, 0.25) is 0 Å². The molecule has 0 aliphatic carbocycles. The first-order valence-electron chi connectivity index (χ1n) is 12.4. The van der Waals surface area contributed by atoms with Crippen LogP contribution in [0.3, 0.4) is 0 Å². The minimum absolute atomic E-state index is 0. The Hall–Kier alpha value is -3.90. The number of carbonyl (C=O) groups is 1. The molecule has 0 atom stereocenters. The van der Waals surface area contributed by atoms with Crippen molar-refractivity contribution >= 4 is 17.9 Å². The molecule has 8 nitrogen and oxygen atoms in total. The van der Waals surface area contributed by atoms with E-state index in [1.165, 1.54) is 0 Å². The summed E-state index contributed by atoms with van der Waals surface area (Å²) in [7, 11) is 3.24. The molecule has 0 heterocycles. The molecule has 208 valence electrons. The third-order valence-electron chi connectivity index (χ3n) is 6.38. The summed E-state index contributed by atoms with van der Waals surface area (Å²) in [4.78, 5) is 22.6. The molecule has 5 N–H and O–H groups in total. The minimum atomic E-state index is -1.02. The average Bonchev–Trinajstić information content (AvgIpc) is 2.98. The summed E-state index contributed by atoms with van der Waals surface area (Å²) in [5.41, 5.74) is 3.44. The van der Waals surface area contributed by atoms with Crippen LogP contribution in [0.1, 0.15) is 34.2 Å². The minimum Gasteiger partial charge on any atom is -0.541 e. The van der Waals surface area contributed by atoms with E-state index < -0.39 is 11.5 Å². The number of nitrogens with one attached hydrogen (secondary N) is 1. The zero-order chi connectivity index (χ0) is 27.7. The van der Waals surface area contributed by atoms with Gasteiger partial charge in [-0.1, -0.05) is 67.1 Å². The summed E-state index contributed by atoms with van der Waals surface area (Å²) >= 11 is 0. The Morgan fingerprint density at radius 1 is 0.805 bits per heavy atom. The second-order valence-electron chi connectivity index (χ2n) is 8.86. The molecule has 0 saturated carbocycles. The maximum atomic E-state index is 12.0. The van der Waals surface area contributed by atoms with Crippen LogP contribution in [0, 0.1) is 0 Å². The SMILES string of the molecule is COc1ccc(C(OCc2cc(CO)cc(NC(=O)C[C-]=O)c2)(c2ccccc2)c2ccc(OC)cc2)cc1.[Li+].[OH3+]. The van der Waals surface area contributed by atoms with Gasteiger partial charge in [-0.05, 0) is 64.2 Å². The van der Waals surface area contributed by atoms with Crippen LogP contribution in [-0.2, 0) is 38.6 Å². The fourth-order valence-corrected chi connectivity index (χ4v) is 4.55. The predicted molar refractivity (Wildman–Crippen MR) is 153 cm³/mol. The first kappa shape index (κ1) is 33.3. The molecule has 0 aromatic heterocycles. The Labute approximate surface area is 251 Å². The molecule has 0 fully saturated rings. The van der Waals surface area contributed by atoms with E-state index in [0.29, 0.717) is 11.3 Å². The van der Waals surface area contributed by atoms with E-state index >= 15 is 0 Å². The van der Waals surface area contributed by atoms with Crippen molar-refractivity contribution in [1.82, 2.24) is 0 Å². The molecule has 0 spiro atoms. The molecule has 0 aliphatic rings. The van der Waals surface area contributed by atoms with Crippen LogP contribution >= 0.6 is 0 Å². The third-order valence-corrected chi connectivity index (χ3v) is 6.38. The second-order valence-corrected chi connectivity index (χ2v) is 8.86. The normalized spacial score (nSPS) is 10.5. The number of anilines is 1. The van der Waals surface area contributed by atoms with Crippen LogP contribution in [-0.4, -0.2) is 31.5 Å². The number of aliphatic hydroxyl groups excluding tert-OH is 1. The van der Waals surface area contributed by atoms with E-state index in [0.717, 1.165) is 33.8 Å². The van der Waals surface area contributed by atoms with Gasteiger partial charge in [0.1, 0.15) is 17.1 Å². The first-order valence-corrected chi connectivity index (χ1v) is 12.4.